The summed E-state index contributed by atoms with van der Waals surface area (Å²) < 4.78 is 47.6. The number of nitrogens with zero attached hydrogens (tertiary/aromatic N) is 3. The van der Waals surface area contributed by atoms with Gasteiger partial charge in [-0.15, -0.1) is 0 Å². The first kappa shape index (κ1) is 24.3. The third-order valence-corrected chi connectivity index (χ3v) is 6.28. The molecule has 10 heteroatoms. The van der Waals surface area contributed by atoms with Crippen molar-refractivity contribution in [3.8, 4) is 17.0 Å². The molecule has 0 bridgehead atoms. The van der Waals surface area contributed by atoms with E-state index in [0.717, 1.165) is 41.9 Å². The van der Waals surface area contributed by atoms with Crippen LogP contribution in [-0.4, -0.2) is 46.8 Å². The second-order valence-corrected chi connectivity index (χ2v) is 8.96. The van der Waals surface area contributed by atoms with Crippen LogP contribution in [0.4, 0.5) is 18.9 Å². The maximum Gasteiger partial charge on any atom is 0.416 e. The van der Waals surface area contributed by atoms with Crippen LogP contribution in [0.1, 0.15) is 28.8 Å². The number of halogens is 4. The van der Waals surface area contributed by atoms with Crippen molar-refractivity contribution in [2.45, 2.75) is 19.0 Å². The van der Waals surface area contributed by atoms with E-state index in [1.807, 2.05) is 0 Å². The van der Waals surface area contributed by atoms with E-state index in [1.54, 1.807) is 36.1 Å². The summed E-state index contributed by atoms with van der Waals surface area (Å²) in [6, 6.07) is 9.49. The maximum absolute atomic E-state index is 13.0. The van der Waals surface area contributed by atoms with E-state index < -0.39 is 17.6 Å². The van der Waals surface area contributed by atoms with E-state index in [1.165, 1.54) is 25.0 Å². The van der Waals surface area contributed by atoms with Crippen molar-refractivity contribution in [2.75, 3.05) is 31.6 Å². The molecule has 0 spiro atoms. The Hall–Kier alpha value is -2.85. The molecule has 4 rings (SSSR count). The van der Waals surface area contributed by atoms with Gasteiger partial charge in [-0.3, -0.25) is 14.4 Å². The predicted octanol–water partition coefficient (Wildman–Crippen LogP) is 5.60. The summed E-state index contributed by atoms with van der Waals surface area (Å²) >= 11 is 3.51. The molecule has 2 heterocycles. The molecule has 1 aliphatic heterocycles. The summed E-state index contributed by atoms with van der Waals surface area (Å²) in [5.41, 5.74) is 0.935. The highest BCUT2D eigenvalue weighted by Gasteiger charge is 2.31. The van der Waals surface area contributed by atoms with Crippen molar-refractivity contribution in [1.82, 2.24) is 14.7 Å². The molecule has 1 aliphatic rings. The highest BCUT2D eigenvalue weighted by Crippen LogP contribution is 2.37. The van der Waals surface area contributed by atoms with E-state index in [4.69, 9.17) is 4.74 Å². The van der Waals surface area contributed by atoms with Crippen molar-refractivity contribution < 1.29 is 22.7 Å². The van der Waals surface area contributed by atoms with Gasteiger partial charge < -0.3 is 10.1 Å². The van der Waals surface area contributed by atoms with Crippen LogP contribution in [0.3, 0.4) is 0 Å². The Kier molecular flexibility index (Phi) is 7.27. The first-order chi connectivity index (χ1) is 16.2. The van der Waals surface area contributed by atoms with E-state index in [2.05, 4.69) is 31.2 Å². The van der Waals surface area contributed by atoms with E-state index in [0.29, 0.717) is 23.6 Å². The number of benzene rings is 2. The molecule has 1 N–H and O–H groups in total. The topological polar surface area (TPSA) is 59.4 Å². The van der Waals surface area contributed by atoms with E-state index in [9.17, 15) is 18.0 Å². The zero-order chi connectivity index (χ0) is 24.3. The second kappa shape index (κ2) is 10.2. The SMILES string of the molecule is Cn1ncc(Br)c1-c1cc(NC(=O)c2cccc(C(F)(F)F)c2)ccc1OCCN1CCCC1. The van der Waals surface area contributed by atoms with Gasteiger partial charge in [0, 0.05) is 30.4 Å². The Bertz CT molecular complexity index is 1150. The Labute approximate surface area is 203 Å². The fraction of sp³-hybridized carbons (Fsp3) is 0.333. The first-order valence-corrected chi connectivity index (χ1v) is 11.7. The Morgan fingerprint density at radius 3 is 2.62 bits per heavy atom. The van der Waals surface area contributed by atoms with Gasteiger partial charge in [0.25, 0.3) is 5.91 Å². The van der Waals surface area contributed by atoms with Gasteiger partial charge >= 0.3 is 6.18 Å². The number of nitrogens with one attached hydrogen (secondary N) is 1. The third kappa shape index (κ3) is 5.61. The molecule has 0 radical (unpaired) electrons. The Balaban J connectivity index is 1.57. The lowest BCUT2D eigenvalue weighted by molar-refractivity contribution is -0.137. The number of likely N-dealkylation sites (tertiary alicyclic amines) is 1. The number of carbonyl (C=O) groups excluding carboxylic acids is 1. The van der Waals surface area contributed by atoms with Crippen molar-refractivity contribution in [3.05, 3.63) is 64.3 Å². The van der Waals surface area contributed by atoms with Gasteiger partial charge in [0.2, 0.25) is 0 Å². The average molecular weight is 537 g/mol. The number of hydrogen-bond donors (Lipinski definition) is 1. The molecular formula is C24H24BrF3N4O2. The lowest BCUT2D eigenvalue weighted by atomic mass is 10.1. The highest BCUT2D eigenvalue weighted by molar-refractivity contribution is 9.10. The minimum Gasteiger partial charge on any atom is -0.492 e. The molecule has 1 amide bonds. The van der Waals surface area contributed by atoms with Crippen LogP contribution in [-0.2, 0) is 13.2 Å². The van der Waals surface area contributed by atoms with Crippen LogP contribution in [0.25, 0.3) is 11.3 Å². The molecule has 34 heavy (non-hydrogen) atoms. The fourth-order valence-corrected chi connectivity index (χ4v) is 4.53. The number of alkyl halides is 3. The van der Waals surface area contributed by atoms with Crippen molar-refractivity contribution >= 4 is 27.5 Å². The van der Waals surface area contributed by atoms with Crippen molar-refractivity contribution in [3.63, 3.8) is 0 Å². The van der Waals surface area contributed by atoms with Gasteiger partial charge in [-0.1, -0.05) is 6.07 Å². The minimum absolute atomic E-state index is 0.0796. The standard InChI is InChI=1S/C24H24BrF3N4O2/c1-31-22(20(25)15-29-31)19-14-18(7-8-21(19)34-12-11-32-9-2-3-10-32)30-23(33)16-5-4-6-17(13-16)24(26,27)28/h4-8,13-15H,2-3,9-12H2,1H3,(H,30,33). The lowest BCUT2D eigenvalue weighted by Gasteiger charge is -2.18. The largest absolute Gasteiger partial charge is 0.492 e. The number of ether oxygens (including phenoxy) is 1. The Morgan fingerprint density at radius 1 is 1.18 bits per heavy atom. The summed E-state index contributed by atoms with van der Waals surface area (Å²) in [6.07, 6.45) is -0.457. The van der Waals surface area contributed by atoms with Crippen LogP contribution in [0.2, 0.25) is 0 Å². The van der Waals surface area contributed by atoms with Crippen LogP contribution in [0.15, 0.2) is 53.1 Å². The molecule has 1 saturated heterocycles. The summed E-state index contributed by atoms with van der Waals surface area (Å²) in [5.74, 6) is -0.00983. The van der Waals surface area contributed by atoms with Crippen LogP contribution < -0.4 is 10.1 Å². The highest BCUT2D eigenvalue weighted by atomic mass is 79.9. The number of rotatable bonds is 7. The predicted molar refractivity (Wildman–Crippen MR) is 127 cm³/mol. The first-order valence-electron chi connectivity index (χ1n) is 10.9. The number of anilines is 1. The van der Waals surface area contributed by atoms with Gasteiger partial charge in [-0.05, 0) is 78.3 Å². The number of aromatic nitrogens is 2. The summed E-state index contributed by atoms with van der Waals surface area (Å²) in [7, 11) is 1.79. The molecule has 1 fully saturated rings. The number of amides is 1. The van der Waals surface area contributed by atoms with Crippen LogP contribution in [0.5, 0.6) is 5.75 Å². The quantitative estimate of drug-likeness (QED) is 0.427. The molecule has 180 valence electrons. The van der Waals surface area contributed by atoms with Gasteiger partial charge in [0.05, 0.1) is 21.9 Å². The molecule has 0 atom stereocenters. The van der Waals surface area contributed by atoms with Crippen LogP contribution >= 0.6 is 15.9 Å². The van der Waals surface area contributed by atoms with Gasteiger partial charge in [0.1, 0.15) is 12.4 Å². The summed E-state index contributed by atoms with van der Waals surface area (Å²) in [6.45, 7) is 3.48. The van der Waals surface area contributed by atoms with Gasteiger partial charge in [0.15, 0.2) is 0 Å². The minimum atomic E-state index is -4.52. The second-order valence-electron chi connectivity index (χ2n) is 8.11. The molecular weight excluding hydrogens is 513 g/mol. The maximum atomic E-state index is 13.0. The molecule has 3 aromatic rings. The molecule has 0 aliphatic carbocycles. The van der Waals surface area contributed by atoms with Gasteiger partial charge in [-0.25, -0.2) is 0 Å². The van der Waals surface area contributed by atoms with Crippen molar-refractivity contribution in [2.24, 2.45) is 7.05 Å². The smallest absolute Gasteiger partial charge is 0.416 e. The zero-order valence-electron chi connectivity index (χ0n) is 18.5. The summed E-state index contributed by atoms with van der Waals surface area (Å²) in [5, 5.41) is 6.95. The molecule has 0 saturated carbocycles. The fourth-order valence-electron chi connectivity index (χ4n) is 3.96. The van der Waals surface area contributed by atoms with Crippen molar-refractivity contribution in [1.29, 1.82) is 0 Å². The third-order valence-electron chi connectivity index (χ3n) is 5.70. The average Bonchev–Trinajstić information content (AvgIpc) is 3.43. The normalized spacial score (nSPS) is 14.4. The molecule has 1 aromatic heterocycles. The van der Waals surface area contributed by atoms with E-state index in [-0.39, 0.29) is 5.56 Å². The number of carbonyl (C=O) groups is 1. The van der Waals surface area contributed by atoms with E-state index >= 15 is 0 Å². The summed E-state index contributed by atoms with van der Waals surface area (Å²) in [4.78, 5) is 15.0. The van der Waals surface area contributed by atoms with Gasteiger partial charge in [-0.2, -0.15) is 18.3 Å². The zero-order valence-corrected chi connectivity index (χ0v) is 20.1. The molecule has 0 unspecified atom stereocenters. The number of hydrogen-bond acceptors (Lipinski definition) is 4. The molecule has 2 aromatic carbocycles. The molecule has 6 nitrogen and oxygen atoms in total. The lowest BCUT2D eigenvalue weighted by Crippen LogP contribution is -2.25. The monoisotopic (exact) mass is 536 g/mol. The number of aryl methyl sites for hydroxylation is 1. The Morgan fingerprint density at radius 2 is 1.94 bits per heavy atom. The van der Waals surface area contributed by atoms with Crippen LogP contribution in [0, 0.1) is 0 Å².